The van der Waals surface area contributed by atoms with Crippen molar-refractivity contribution >= 4 is 28.0 Å². The zero-order valence-corrected chi connectivity index (χ0v) is 13.8. The minimum atomic E-state index is -0.367. The molecular formula is C16H16N4O3S. The first-order valence-corrected chi connectivity index (χ1v) is 8.34. The van der Waals surface area contributed by atoms with Crippen molar-refractivity contribution in [2.45, 2.75) is 26.6 Å². The Labute approximate surface area is 141 Å². The van der Waals surface area contributed by atoms with Crippen molar-refractivity contribution in [1.29, 1.82) is 0 Å². The number of thiazole rings is 1. The van der Waals surface area contributed by atoms with Gasteiger partial charge in [0.15, 0.2) is 5.69 Å². The number of hydrogen-bond acceptors (Lipinski definition) is 6. The van der Waals surface area contributed by atoms with Gasteiger partial charge in [0.1, 0.15) is 5.01 Å². The topological polar surface area (TPSA) is 97.1 Å². The third kappa shape index (κ3) is 3.06. The van der Waals surface area contributed by atoms with Gasteiger partial charge in [-0.1, -0.05) is 18.2 Å². The van der Waals surface area contributed by atoms with Crippen LogP contribution in [0.5, 0.6) is 0 Å². The number of nitrogens with zero attached hydrogens (tertiary/aromatic N) is 3. The van der Waals surface area contributed by atoms with Gasteiger partial charge >= 0.3 is 0 Å². The van der Waals surface area contributed by atoms with E-state index in [0.29, 0.717) is 28.0 Å². The molecule has 1 aromatic carbocycles. The molecule has 0 aliphatic carbocycles. The van der Waals surface area contributed by atoms with E-state index in [9.17, 15) is 9.59 Å². The summed E-state index contributed by atoms with van der Waals surface area (Å²) in [6.45, 7) is 2.30. The first kappa shape index (κ1) is 16.3. The average molecular weight is 344 g/mol. The van der Waals surface area contributed by atoms with E-state index in [-0.39, 0.29) is 30.3 Å². The molecule has 0 bridgehead atoms. The molecule has 0 spiro atoms. The Balaban J connectivity index is 1.91. The first-order chi connectivity index (χ1) is 11.6. The van der Waals surface area contributed by atoms with Gasteiger partial charge in [-0.3, -0.25) is 9.59 Å². The van der Waals surface area contributed by atoms with Crippen LogP contribution in [0.15, 0.2) is 34.4 Å². The number of benzene rings is 1. The van der Waals surface area contributed by atoms with E-state index in [0.717, 1.165) is 0 Å². The molecule has 3 rings (SSSR count). The number of aliphatic hydroxyl groups is 1. The van der Waals surface area contributed by atoms with Gasteiger partial charge in [0.05, 0.1) is 24.2 Å². The summed E-state index contributed by atoms with van der Waals surface area (Å²) in [5, 5.41) is 19.4. The average Bonchev–Trinajstić information content (AvgIpc) is 3.08. The molecule has 2 aromatic heterocycles. The van der Waals surface area contributed by atoms with Gasteiger partial charge < -0.3 is 10.4 Å². The second kappa shape index (κ2) is 6.90. The summed E-state index contributed by atoms with van der Waals surface area (Å²) in [5.74, 6) is -0.367. The number of nitrogens with one attached hydrogen (secondary N) is 1. The van der Waals surface area contributed by atoms with Gasteiger partial charge in [0, 0.05) is 17.3 Å². The maximum Gasteiger partial charge on any atom is 0.274 e. The van der Waals surface area contributed by atoms with E-state index in [2.05, 4.69) is 15.4 Å². The molecule has 0 aliphatic heterocycles. The molecule has 3 aromatic rings. The highest BCUT2D eigenvalue weighted by molar-refractivity contribution is 7.09. The van der Waals surface area contributed by atoms with Crippen LogP contribution in [0.2, 0.25) is 0 Å². The fourth-order valence-corrected chi connectivity index (χ4v) is 3.08. The van der Waals surface area contributed by atoms with Crippen molar-refractivity contribution < 1.29 is 9.90 Å². The second-order valence-electron chi connectivity index (χ2n) is 5.09. The van der Waals surface area contributed by atoms with Crippen LogP contribution in [-0.2, 0) is 19.7 Å². The molecule has 0 atom stereocenters. The fraction of sp³-hybridized carbons (Fsp3) is 0.250. The molecule has 124 valence electrons. The van der Waals surface area contributed by atoms with Gasteiger partial charge in [-0.05, 0) is 13.0 Å². The summed E-state index contributed by atoms with van der Waals surface area (Å²) in [6, 6.07) is 6.94. The highest BCUT2D eigenvalue weighted by Gasteiger charge is 2.16. The van der Waals surface area contributed by atoms with Gasteiger partial charge in [0.2, 0.25) is 0 Å². The molecule has 7 nitrogen and oxygen atoms in total. The van der Waals surface area contributed by atoms with Crippen LogP contribution in [0.25, 0.3) is 10.8 Å². The lowest BCUT2D eigenvalue weighted by atomic mass is 10.1. The van der Waals surface area contributed by atoms with Gasteiger partial charge in [0.25, 0.3) is 11.5 Å². The highest BCUT2D eigenvalue weighted by Crippen LogP contribution is 2.14. The van der Waals surface area contributed by atoms with Crippen LogP contribution < -0.4 is 10.9 Å². The van der Waals surface area contributed by atoms with Crippen LogP contribution in [0, 0.1) is 0 Å². The maximum atomic E-state index is 12.5. The smallest absolute Gasteiger partial charge is 0.274 e. The van der Waals surface area contributed by atoms with Crippen LogP contribution in [-0.4, -0.2) is 25.8 Å². The Morgan fingerprint density at radius 3 is 2.75 bits per heavy atom. The standard InChI is InChI=1S/C16H16N4O3S/c1-2-20-16(23)12-6-4-3-5-11(12)14(19-20)15(22)17-7-13-18-10(8-21)9-24-13/h3-6,9,21H,2,7-8H2,1H3,(H,17,22). The van der Waals surface area contributed by atoms with E-state index >= 15 is 0 Å². The fourth-order valence-electron chi connectivity index (χ4n) is 2.36. The predicted octanol–water partition coefficient (Wildman–Crippen LogP) is 1.30. The second-order valence-corrected chi connectivity index (χ2v) is 6.03. The van der Waals surface area contributed by atoms with Crippen molar-refractivity contribution in [2.75, 3.05) is 0 Å². The minimum absolute atomic E-state index is 0.127. The van der Waals surface area contributed by atoms with Crippen molar-refractivity contribution in [2.24, 2.45) is 0 Å². The molecular weight excluding hydrogens is 328 g/mol. The van der Waals surface area contributed by atoms with Crippen molar-refractivity contribution in [3.8, 4) is 0 Å². The van der Waals surface area contributed by atoms with Crippen molar-refractivity contribution in [3.05, 3.63) is 56.4 Å². The quantitative estimate of drug-likeness (QED) is 0.727. The number of amides is 1. The molecule has 0 saturated heterocycles. The third-order valence-electron chi connectivity index (χ3n) is 3.54. The molecule has 24 heavy (non-hydrogen) atoms. The summed E-state index contributed by atoms with van der Waals surface area (Å²) < 4.78 is 1.28. The SMILES string of the molecule is CCn1nc(C(=O)NCc2nc(CO)cs2)c2ccccc2c1=O. The van der Waals surface area contributed by atoms with E-state index < -0.39 is 0 Å². The monoisotopic (exact) mass is 344 g/mol. The molecule has 0 aliphatic rings. The minimum Gasteiger partial charge on any atom is -0.390 e. The van der Waals surface area contributed by atoms with E-state index in [1.165, 1.54) is 16.0 Å². The number of carbonyl (C=O) groups is 1. The van der Waals surface area contributed by atoms with E-state index in [1.807, 2.05) is 0 Å². The van der Waals surface area contributed by atoms with Crippen molar-refractivity contribution in [3.63, 3.8) is 0 Å². The number of rotatable bonds is 5. The molecule has 0 unspecified atom stereocenters. The molecule has 8 heteroatoms. The van der Waals surface area contributed by atoms with Crippen LogP contribution in [0.3, 0.4) is 0 Å². The van der Waals surface area contributed by atoms with Crippen LogP contribution in [0.1, 0.15) is 28.1 Å². The molecule has 1 amide bonds. The van der Waals surface area contributed by atoms with Crippen LogP contribution in [0.4, 0.5) is 0 Å². The zero-order valence-electron chi connectivity index (χ0n) is 13.0. The van der Waals surface area contributed by atoms with Gasteiger partial charge in [-0.2, -0.15) is 5.10 Å². The van der Waals surface area contributed by atoms with Gasteiger partial charge in [-0.15, -0.1) is 11.3 Å². The normalized spacial score (nSPS) is 10.9. The van der Waals surface area contributed by atoms with E-state index in [4.69, 9.17) is 5.11 Å². The Morgan fingerprint density at radius 2 is 2.08 bits per heavy atom. The number of aryl methyl sites for hydroxylation is 1. The Hall–Kier alpha value is -2.58. The van der Waals surface area contributed by atoms with Gasteiger partial charge in [-0.25, -0.2) is 9.67 Å². The predicted molar refractivity (Wildman–Crippen MR) is 90.9 cm³/mol. The molecule has 0 radical (unpaired) electrons. The Morgan fingerprint density at radius 1 is 1.33 bits per heavy atom. The maximum absolute atomic E-state index is 12.5. The Bertz CT molecular complexity index is 948. The number of aromatic nitrogens is 3. The highest BCUT2D eigenvalue weighted by atomic mass is 32.1. The largest absolute Gasteiger partial charge is 0.390 e. The number of fused-ring (bicyclic) bond motifs is 1. The lowest BCUT2D eigenvalue weighted by molar-refractivity contribution is 0.0945. The molecule has 0 fully saturated rings. The first-order valence-electron chi connectivity index (χ1n) is 7.46. The summed E-state index contributed by atoms with van der Waals surface area (Å²) in [7, 11) is 0. The summed E-state index contributed by atoms with van der Waals surface area (Å²) in [5.41, 5.74) is 0.579. The molecule has 2 heterocycles. The lowest BCUT2D eigenvalue weighted by Crippen LogP contribution is -2.30. The van der Waals surface area contributed by atoms with Crippen molar-refractivity contribution in [1.82, 2.24) is 20.1 Å². The molecule has 2 N–H and O–H groups in total. The third-order valence-corrected chi connectivity index (χ3v) is 4.44. The number of hydrogen-bond donors (Lipinski definition) is 2. The summed E-state index contributed by atoms with van der Waals surface area (Å²) in [4.78, 5) is 29.0. The zero-order chi connectivity index (χ0) is 17.1. The number of carbonyl (C=O) groups excluding carboxylic acids is 1. The van der Waals surface area contributed by atoms with E-state index in [1.54, 1.807) is 36.6 Å². The summed E-state index contributed by atoms with van der Waals surface area (Å²) >= 11 is 1.36. The number of aliphatic hydroxyl groups excluding tert-OH is 1. The Kier molecular flexibility index (Phi) is 4.68. The molecule has 0 saturated carbocycles. The lowest BCUT2D eigenvalue weighted by Gasteiger charge is -2.09. The summed E-state index contributed by atoms with van der Waals surface area (Å²) in [6.07, 6.45) is 0. The van der Waals surface area contributed by atoms with Crippen LogP contribution >= 0.6 is 11.3 Å².